The molecule has 0 aromatic heterocycles. The first-order chi connectivity index (χ1) is 11.5. The fourth-order valence-corrected chi connectivity index (χ4v) is 2.89. The van der Waals surface area contributed by atoms with Gasteiger partial charge in [0.1, 0.15) is 5.75 Å². The summed E-state index contributed by atoms with van der Waals surface area (Å²) in [6.07, 6.45) is 0. The molecule has 1 heterocycles. The van der Waals surface area contributed by atoms with E-state index in [4.69, 9.17) is 4.74 Å². The molecule has 0 atom stereocenters. The molecule has 1 amide bonds. The Kier molecular flexibility index (Phi) is 4.74. The normalized spacial score (nSPS) is 13.7. The van der Waals surface area contributed by atoms with Gasteiger partial charge in [-0.2, -0.15) is 0 Å². The molecule has 0 fully saturated rings. The highest BCUT2D eigenvalue weighted by Crippen LogP contribution is 2.35. The van der Waals surface area contributed by atoms with E-state index in [1.165, 1.54) is 11.1 Å². The Morgan fingerprint density at radius 1 is 1.21 bits per heavy atom. The van der Waals surface area contributed by atoms with Crippen LogP contribution in [0.2, 0.25) is 0 Å². The molecule has 0 saturated heterocycles. The van der Waals surface area contributed by atoms with Crippen LogP contribution in [0, 0.1) is 12.8 Å². The Bertz CT molecular complexity index is 740. The van der Waals surface area contributed by atoms with Crippen molar-refractivity contribution >= 4 is 17.3 Å². The number of carbonyl (C=O) groups is 1. The first-order valence-corrected chi connectivity index (χ1v) is 8.40. The Labute approximate surface area is 143 Å². The summed E-state index contributed by atoms with van der Waals surface area (Å²) in [6.45, 7) is 7.93. The maximum absolute atomic E-state index is 12.1. The average molecular weight is 324 g/mol. The third-order valence-corrected chi connectivity index (χ3v) is 4.19. The number of fused-ring (bicyclic) bond motifs is 1. The van der Waals surface area contributed by atoms with E-state index in [2.05, 4.69) is 44.3 Å². The predicted molar refractivity (Wildman–Crippen MR) is 97.6 cm³/mol. The average Bonchev–Trinajstić information content (AvgIpc) is 2.56. The second-order valence-electron chi connectivity index (χ2n) is 6.65. The monoisotopic (exact) mass is 324 g/mol. The Balaban J connectivity index is 1.76. The predicted octanol–water partition coefficient (Wildman–Crippen LogP) is 3.99. The van der Waals surface area contributed by atoms with E-state index < -0.39 is 0 Å². The van der Waals surface area contributed by atoms with Gasteiger partial charge < -0.3 is 15.0 Å². The molecule has 126 valence electrons. The lowest BCUT2D eigenvalue weighted by molar-refractivity contribution is -0.121. The molecule has 0 unspecified atom stereocenters. The van der Waals surface area contributed by atoms with Crippen molar-refractivity contribution in [2.75, 3.05) is 23.4 Å². The van der Waals surface area contributed by atoms with E-state index >= 15 is 0 Å². The van der Waals surface area contributed by atoms with Crippen molar-refractivity contribution in [3.8, 4) is 5.75 Å². The van der Waals surface area contributed by atoms with E-state index in [-0.39, 0.29) is 12.5 Å². The molecule has 0 spiro atoms. The van der Waals surface area contributed by atoms with Crippen molar-refractivity contribution in [1.29, 1.82) is 0 Å². The van der Waals surface area contributed by atoms with Crippen LogP contribution in [-0.4, -0.2) is 19.1 Å². The van der Waals surface area contributed by atoms with Crippen molar-refractivity contribution in [3.05, 3.63) is 53.6 Å². The number of nitrogens with one attached hydrogen (secondary N) is 1. The van der Waals surface area contributed by atoms with E-state index in [1.807, 2.05) is 29.2 Å². The van der Waals surface area contributed by atoms with Gasteiger partial charge in [0.2, 0.25) is 0 Å². The quantitative estimate of drug-likeness (QED) is 0.904. The lowest BCUT2D eigenvalue weighted by Gasteiger charge is -2.31. The fraction of sp³-hybridized carbons (Fsp3) is 0.350. The number of ether oxygens (including phenoxy) is 1. The van der Waals surface area contributed by atoms with Crippen molar-refractivity contribution in [2.45, 2.75) is 27.3 Å². The topological polar surface area (TPSA) is 41.6 Å². The fourth-order valence-electron chi connectivity index (χ4n) is 2.89. The highest BCUT2D eigenvalue weighted by atomic mass is 16.5. The molecule has 4 nitrogen and oxygen atoms in total. The third kappa shape index (κ3) is 3.53. The van der Waals surface area contributed by atoms with Gasteiger partial charge >= 0.3 is 0 Å². The highest BCUT2D eigenvalue weighted by Gasteiger charge is 2.26. The molecule has 1 N–H and O–H groups in total. The lowest BCUT2D eigenvalue weighted by Crippen LogP contribution is -2.40. The van der Waals surface area contributed by atoms with Crippen LogP contribution in [-0.2, 0) is 11.3 Å². The summed E-state index contributed by atoms with van der Waals surface area (Å²) in [5.74, 6) is 1.21. The maximum atomic E-state index is 12.1. The van der Waals surface area contributed by atoms with Crippen molar-refractivity contribution in [2.24, 2.45) is 5.92 Å². The summed E-state index contributed by atoms with van der Waals surface area (Å²) in [5, 5.41) is 3.44. The van der Waals surface area contributed by atoms with Crippen LogP contribution < -0.4 is 15.0 Å². The molecule has 0 radical (unpaired) electrons. The number of aryl methyl sites for hydroxylation is 1. The third-order valence-electron chi connectivity index (χ3n) is 4.19. The molecule has 1 aliphatic rings. The zero-order chi connectivity index (χ0) is 17.1. The molecule has 0 bridgehead atoms. The number of amides is 1. The first kappa shape index (κ1) is 16.4. The van der Waals surface area contributed by atoms with E-state index in [0.29, 0.717) is 12.5 Å². The summed E-state index contributed by atoms with van der Waals surface area (Å²) in [4.78, 5) is 13.9. The van der Waals surface area contributed by atoms with Gasteiger partial charge in [0, 0.05) is 24.8 Å². The summed E-state index contributed by atoms with van der Waals surface area (Å²) in [5.41, 5.74) is 4.40. The van der Waals surface area contributed by atoms with Gasteiger partial charge in [-0.15, -0.1) is 0 Å². The van der Waals surface area contributed by atoms with E-state index in [9.17, 15) is 4.79 Å². The van der Waals surface area contributed by atoms with Crippen molar-refractivity contribution in [3.63, 3.8) is 0 Å². The minimum atomic E-state index is 0.0248. The van der Waals surface area contributed by atoms with Gasteiger partial charge in [0.25, 0.3) is 5.91 Å². The number of nitrogens with zero attached hydrogens (tertiary/aromatic N) is 1. The second-order valence-corrected chi connectivity index (χ2v) is 6.65. The largest absolute Gasteiger partial charge is 0.481 e. The maximum Gasteiger partial charge on any atom is 0.265 e. The zero-order valence-electron chi connectivity index (χ0n) is 14.5. The van der Waals surface area contributed by atoms with Gasteiger partial charge in [0.05, 0.1) is 5.69 Å². The first-order valence-electron chi connectivity index (χ1n) is 8.40. The molecule has 4 heteroatoms. The number of anilines is 2. The zero-order valence-corrected chi connectivity index (χ0v) is 14.5. The number of benzene rings is 2. The highest BCUT2D eigenvalue weighted by molar-refractivity contribution is 5.98. The lowest BCUT2D eigenvalue weighted by atomic mass is 10.1. The molecule has 1 aliphatic heterocycles. The van der Waals surface area contributed by atoms with Crippen LogP contribution in [0.15, 0.2) is 42.5 Å². The SMILES string of the molecule is Cc1ccccc1CNc1ccc2c(c1)OCC(=O)N2CC(C)C. The van der Waals surface area contributed by atoms with Gasteiger partial charge in [-0.3, -0.25) is 4.79 Å². The summed E-state index contributed by atoms with van der Waals surface area (Å²) in [7, 11) is 0. The summed E-state index contributed by atoms with van der Waals surface area (Å²) in [6, 6.07) is 14.3. The smallest absolute Gasteiger partial charge is 0.265 e. The molecular formula is C20H24N2O2. The molecule has 0 aliphatic carbocycles. The number of hydrogen-bond acceptors (Lipinski definition) is 3. The molecular weight excluding hydrogens is 300 g/mol. The molecule has 0 saturated carbocycles. The van der Waals surface area contributed by atoms with Crippen LogP contribution in [0.4, 0.5) is 11.4 Å². The van der Waals surface area contributed by atoms with E-state index in [0.717, 1.165) is 23.7 Å². The molecule has 2 aromatic rings. The van der Waals surface area contributed by atoms with Crippen molar-refractivity contribution < 1.29 is 9.53 Å². The second kappa shape index (κ2) is 6.95. The van der Waals surface area contributed by atoms with Gasteiger partial charge in [-0.25, -0.2) is 0 Å². The Hall–Kier alpha value is -2.49. The van der Waals surface area contributed by atoms with Crippen LogP contribution in [0.3, 0.4) is 0 Å². The number of rotatable bonds is 5. The van der Waals surface area contributed by atoms with Crippen LogP contribution in [0.1, 0.15) is 25.0 Å². The summed E-state index contributed by atoms with van der Waals surface area (Å²) >= 11 is 0. The van der Waals surface area contributed by atoms with Crippen LogP contribution in [0.5, 0.6) is 5.75 Å². The van der Waals surface area contributed by atoms with Crippen LogP contribution >= 0.6 is 0 Å². The molecule has 2 aromatic carbocycles. The number of carbonyl (C=O) groups excluding carboxylic acids is 1. The summed E-state index contributed by atoms with van der Waals surface area (Å²) < 4.78 is 5.63. The van der Waals surface area contributed by atoms with Gasteiger partial charge in [0.15, 0.2) is 6.61 Å². The van der Waals surface area contributed by atoms with E-state index in [1.54, 1.807) is 0 Å². The minimum Gasteiger partial charge on any atom is -0.481 e. The molecule has 24 heavy (non-hydrogen) atoms. The van der Waals surface area contributed by atoms with Crippen LogP contribution in [0.25, 0.3) is 0 Å². The standard InChI is InChI=1S/C20H24N2O2/c1-14(2)12-22-18-9-8-17(10-19(18)24-13-20(22)23)21-11-16-7-5-4-6-15(16)3/h4-10,14,21H,11-13H2,1-3H3. The van der Waals surface area contributed by atoms with Crippen molar-refractivity contribution in [1.82, 2.24) is 0 Å². The van der Waals surface area contributed by atoms with Gasteiger partial charge in [-0.05, 0) is 36.1 Å². The minimum absolute atomic E-state index is 0.0248. The Morgan fingerprint density at radius 3 is 2.75 bits per heavy atom. The van der Waals surface area contributed by atoms with Gasteiger partial charge in [-0.1, -0.05) is 38.1 Å². The number of hydrogen-bond donors (Lipinski definition) is 1. The Morgan fingerprint density at radius 2 is 2.00 bits per heavy atom. The molecule has 3 rings (SSSR count).